The van der Waals surface area contributed by atoms with Crippen LogP contribution in [0.2, 0.25) is 5.02 Å². The molecule has 0 amide bonds. The number of aliphatic hydroxyl groups is 1. The van der Waals surface area contributed by atoms with Gasteiger partial charge in [0.05, 0.1) is 16.8 Å². The Hall–Kier alpha value is -1.96. The Morgan fingerprint density at radius 2 is 1.84 bits per heavy atom. The molecule has 2 N–H and O–H groups in total. The van der Waals surface area contributed by atoms with Crippen molar-refractivity contribution < 1.29 is 27.8 Å². The third-order valence-electron chi connectivity index (χ3n) is 4.60. The normalized spacial score (nSPS) is 25.6. The zero-order valence-electron chi connectivity index (χ0n) is 12.8. The monoisotopic (exact) mass is 384 g/mol. The van der Waals surface area contributed by atoms with E-state index in [1.54, 1.807) is 0 Å². The van der Waals surface area contributed by atoms with E-state index >= 15 is 0 Å². The maximum absolute atomic E-state index is 13.5. The van der Waals surface area contributed by atoms with Crippen LogP contribution in [-0.4, -0.2) is 36.5 Å². The van der Waals surface area contributed by atoms with Crippen LogP contribution in [0.3, 0.4) is 0 Å². The quantitative estimate of drug-likeness (QED) is 0.826. The third-order valence-corrected chi connectivity index (χ3v) is 7.14. The van der Waals surface area contributed by atoms with Gasteiger partial charge in [0.15, 0.2) is 9.84 Å². The van der Waals surface area contributed by atoms with Gasteiger partial charge in [-0.1, -0.05) is 23.7 Å². The summed E-state index contributed by atoms with van der Waals surface area (Å²) in [6.07, 6.45) is 0. The van der Waals surface area contributed by atoms with Crippen molar-refractivity contribution in [2.24, 2.45) is 5.41 Å². The molecule has 1 saturated carbocycles. The molecule has 0 aromatic heterocycles. The van der Waals surface area contributed by atoms with Gasteiger partial charge in [0.2, 0.25) is 0 Å². The average Bonchev–Trinajstić information content (AvgIpc) is 3.27. The maximum Gasteiger partial charge on any atom is 0.314 e. The fraction of sp³-hybridized carbons (Fsp3) is 0.235. The lowest BCUT2D eigenvalue weighted by Gasteiger charge is -2.09. The van der Waals surface area contributed by atoms with Crippen LogP contribution in [0, 0.1) is 11.2 Å². The number of aliphatic hydroxyl groups excluding tert-OH is 1. The summed E-state index contributed by atoms with van der Waals surface area (Å²) in [6, 6.07) is 10.4. The van der Waals surface area contributed by atoms with E-state index in [-0.39, 0.29) is 10.5 Å². The summed E-state index contributed by atoms with van der Waals surface area (Å²) in [5.74, 6) is -3.09. The highest BCUT2D eigenvalue weighted by Crippen LogP contribution is 2.64. The minimum atomic E-state index is -4.08. The second-order valence-corrected chi connectivity index (χ2v) is 8.46. The molecule has 5 nitrogen and oxygen atoms in total. The van der Waals surface area contributed by atoms with E-state index in [2.05, 4.69) is 0 Å². The summed E-state index contributed by atoms with van der Waals surface area (Å²) >= 11 is 5.76. The van der Waals surface area contributed by atoms with Crippen molar-refractivity contribution >= 4 is 27.4 Å². The van der Waals surface area contributed by atoms with E-state index in [1.165, 1.54) is 42.5 Å². The molecule has 0 aliphatic heterocycles. The fourth-order valence-electron chi connectivity index (χ4n) is 3.31. The summed E-state index contributed by atoms with van der Waals surface area (Å²) in [5.41, 5.74) is -1.69. The van der Waals surface area contributed by atoms with E-state index in [0.29, 0.717) is 5.02 Å². The Balaban J connectivity index is 2.12. The first-order valence-corrected chi connectivity index (χ1v) is 9.27. The topological polar surface area (TPSA) is 91.7 Å². The summed E-state index contributed by atoms with van der Waals surface area (Å²) in [6.45, 7) is -0.874. The molecule has 0 heterocycles. The van der Waals surface area contributed by atoms with Crippen LogP contribution < -0.4 is 0 Å². The second kappa shape index (κ2) is 6.09. The number of sulfone groups is 1. The molecule has 0 radical (unpaired) electrons. The summed E-state index contributed by atoms with van der Waals surface area (Å²) in [7, 11) is -4.08. The molecule has 0 saturated heterocycles. The lowest BCUT2D eigenvalue weighted by Crippen LogP contribution is -2.27. The Kier molecular flexibility index (Phi) is 4.35. The van der Waals surface area contributed by atoms with Gasteiger partial charge < -0.3 is 10.2 Å². The minimum absolute atomic E-state index is 0.0973. The number of aliphatic carboxylic acids is 1. The molecule has 1 fully saturated rings. The Bertz CT molecular complexity index is 928. The second-order valence-electron chi connectivity index (χ2n) is 5.96. The molecule has 1 aliphatic rings. The molecule has 3 rings (SSSR count). The number of halogens is 2. The van der Waals surface area contributed by atoms with Crippen molar-refractivity contribution in [2.75, 3.05) is 6.61 Å². The third kappa shape index (κ3) is 2.72. The molecule has 132 valence electrons. The van der Waals surface area contributed by atoms with Crippen molar-refractivity contribution in [1.82, 2.24) is 0 Å². The number of hydrogen-bond acceptors (Lipinski definition) is 4. The number of carbonyl (C=O) groups is 1. The lowest BCUT2D eigenvalue weighted by molar-refractivity contribution is -0.145. The van der Waals surface area contributed by atoms with Crippen molar-refractivity contribution in [3.8, 4) is 0 Å². The largest absolute Gasteiger partial charge is 0.481 e. The first-order chi connectivity index (χ1) is 11.7. The van der Waals surface area contributed by atoms with Crippen molar-refractivity contribution in [3.63, 3.8) is 0 Å². The van der Waals surface area contributed by atoms with E-state index in [0.717, 1.165) is 6.07 Å². The molecule has 25 heavy (non-hydrogen) atoms. The van der Waals surface area contributed by atoms with E-state index in [9.17, 15) is 27.8 Å². The van der Waals surface area contributed by atoms with Crippen LogP contribution in [0.15, 0.2) is 53.4 Å². The zero-order chi connectivity index (χ0) is 18.4. The van der Waals surface area contributed by atoms with Gasteiger partial charge in [0.25, 0.3) is 0 Å². The van der Waals surface area contributed by atoms with E-state index < -0.39 is 44.8 Å². The Morgan fingerprint density at radius 3 is 2.36 bits per heavy atom. The van der Waals surface area contributed by atoms with Crippen LogP contribution in [0.5, 0.6) is 0 Å². The van der Waals surface area contributed by atoms with E-state index in [1.807, 2.05) is 0 Å². The van der Waals surface area contributed by atoms with Gasteiger partial charge in [-0.2, -0.15) is 0 Å². The number of hydrogen-bond donors (Lipinski definition) is 2. The van der Waals surface area contributed by atoms with Crippen LogP contribution in [0.25, 0.3) is 0 Å². The van der Waals surface area contributed by atoms with Crippen LogP contribution >= 0.6 is 11.6 Å². The number of carboxylic acid groups (broad SMARTS) is 1. The highest BCUT2D eigenvalue weighted by molar-refractivity contribution is 7.92. The summed E-state index contributed by atoms with van der Waals surface area (Å²) in [4.78, 5) is 11.7. The molecule has 0 spiro atoms. The highest BCUT2D eigenvalue weighted by atomic mass is 35.5. The molecule has 0 bridgehead atoms. The molecule has 8 heteroatoms. The maximum atomic E-state index is 13.5. The number of carboxylic acids is 1. The highest BCUT2D eigenvalue weighted by Gasteiger charge is 2.75. The zero-order valence-corrected chi connectivity index (χ0v) is 14.3. The SMILES string of the molecule is O=C(O)[C@]1(CO)[C@H](c2cccc(F)c2)[C@H]1S(=O)(=O)c1ccc(Cl)cc1. The van der Waals surface area contributed by atoms with Gasteiger partial charge in [-0.05, 0) is 42.0 Å². The first kappa shape index (κ1) is 17.8. The van der Waals surface area contributed by atoms with Gasteiger partial charge in [0, 0.05) is 10.9 Å². The smallest absolute Gasteiger partial charge is 0.314 e. The lowest BCUT2D eigenvalue weighted by atomic mass is 10.00. The van der Waals surface area contributed by atoms with Crippen molar-refractivity contribution in [2.45, 2.75) is 16.1 Å². The number of rotatable bonds is 5. The molecular weight excluding hydrogens is 371 g/mol. The van der Waals surface area contributed by atoms with Gasteiger partial charge in [0.1, 0.15) is 11.2 Å². The predicted molar refractivity (Wildman–Crippen MR) is 88.7 cm³/mol. The first-order valence-electron chi connectivity index (χ1n) is 7.34. The van der Waals surface area contributed by atoms with Gasteiger partial charge in [-0.3, -0.25) is 4.79 Å². The fourth-order valence-corrected chi connectivity index (χ4v) is 5.80. The molecule has 1 aliphatic carbocycles. The molecule has 0 unspecified atom stereocenters. The van der Waals surface area contributed by atoms with Crippen LogP contribution in [-0.2, 0) is 14.6 Å². The van der Waals surface area contributed by atoms with Crippen LogP contribution in [0.1, 0.15) is 11.5 Å². The van der Waals surface area contributed by atoms with Crippen LogP contribution in [0.4, 0.5) is 4.39 Å². The molecule has 2 aromatic carbocycles. The van der Waals surface area contributed by atoms with E-state index in [4.69, 9.17) is 11.6 Å². The number of benzene rings is 2. The summed E-state index contributed by atoms with van der Waals surface area (Å²) < 4.78 is 39.4. The summed E-state index contributed by atoms with van der Waals surface area (Å²) in [5, 5.41) is 18.2. The standard InChI is InChI=1S/C17H14ClFO5S/c18-11-4-6-13(7-5-11)25(23,24)15-14(17(15,9-20)16(21)22)10-2-1-3-12(19)8-10/h1-8,14-15,20H,9H2,(H,21,22)/t14-,15-,17-/m1/s1. The minimum Gasteiger partial charge on any atom is -0.481 e. The predicted octanol–water partition coefficient (Wildman–Crippen LogP) is 2.48. The molecule has 2 aromatic rings. The van der Waals surface area contributed by atoms with Gasteiger partial charge in [-0.25, -0.2) is 12.8 Å². The van der Waals surface area contributed by atoms with Gasteiger partial charge >= 0.3 is 5.97 Å². The molecule has 3 atom stereocenters. The van der Waals surface area contributed by atoms with Crippen molar-refractivity contribution in [3.05, 3.63) is 64.9 Å². The average molecular weight is 385 g/mol. The molecular formula is C17H14ClFO5S. The Morgan fingerprint density at radius 1 is 1.20 bits per heavy atom. The van der Waals surface area contributed by atoms with Crippen molar-refractivity contribution in [1.29, 1.82) is 0 Å². The van der Waals surface area contributed by atoms with Gasteiger partial charge in [-0.15, -0.1) is 0 Å². The Labute approximate surface area is 148 Å².